The van der Waals surface area contributed by atoms with Crippen LogP contribution in [-0.4, -0.2) is 16.8 Å². The van der Waals surface area contributed by atoms with Crippen molar-refractivity contribution in [1.29, 1.82) is 0 Å². The lowest BCUT2D eigenvalue weighted by Crippen LogP contribution is -2.27. The van der Waals surface area contributed by atoms with Crippen molar-refractivity contribution in [1.82, 2.24) is 0 Å². The number of carbonyl (C=O) groups excluding carboxylic acids is 1. The third-order valence-electron chi connectivity index (χ3n) is 2.37. The molecule has 1 aromatic carbocycles. The average molecular weight is 277 g/mol. The summed E-state index contributed by atoms with van der Waals surface area (Å²) in [4.78, 5) is 22.7. The number of carbonyl (C=O) groups is 1. The van der Waals surface area contributed by atoms with Crippen LogP contribution in [0.3, 0.4) is 0 Å². The van der Waals surface area contributed by atoms with E-state index < -0.39 is 17.3 Å². The van der Waals surface area contributed by atoms with Crippen molar-refractivity contribution in [2.75, 3.05) is 5.32 Å². The molecule has 1 heterocycles. The predicted molar refractivity (Wildman–Crippen MR) is 74.0 cm³/mol. The van der Waals surface area contributed by atoms with Crippen LogP contribution in [0.2, 0.25) is 0 Å². The quantitative estimate of drug-likeness (QED) is 0.782. The number of rotatable bonds is 1. The molecule has 0 unspecified atom stereocenters. The molecule has 0 saturated carbocycles. The largest absolute Gasteiger partial charge is 0.507 e. The van der Waals surface area contributed by atoms with Crippen molar-refractivity contribution in [2.24, 2.45) is 0 Å². The van der Waals surface area contributed by atoms with E-state index in [2.05, 4.69) is 5.32 Å². The minimum absolute atomic E-state index is 0.205. The summed E-state index contributed by atoms with van der Waals surface area (Å²) in [6, 6.07) is 5.51. The van der Waals surface area contributed by atoms with E-state index >= 15 is 0 Å². The van der Waals surface area contributed by atoms with Crippen LogP contribution >= 0.6 is 0 Å². The molecule has 0 aliphatic heterocycles. The zero-order valence-corrected chi connectivity index (χ0v) is 11.4. The normalized spacial score (nSPS) is 11.3. The SMILES string of the molecule is CC(C)(C)OC(=O)Nc1ccc2oc(=O)cc(O)c2c1. The number of anilines is 1. The fourth-order valence-electron chi connectivity index (χ4n) is 1.65. The molecule has 1 aromatic heterocycles. The zero-order valence-electron chi connectivity index (χ0n) is 11.4. The van der Waals surface area contributed by atoms with Crippen molar-refractivity contribution in [3.05, 3.63) is 34.7 Å². The molecule has 0 aliphatic carbocycles. The predicted octanol–water partition coefficient (Wildman–Crippen LogP) is 2.85. The highest BCUT2D eigenvalue weighted by Gasteiger charge is 2.16. The average Bonchev–Trinajstić information content (AvgIpc) is 2.27. The second-order valence-electron chi connectivity index (χ2n) is 5.29. The Balaban J connectivity index is 2.29. The van der Waals surface area contributed by atoms with Gasteiger partial charge in [-0.2, -0.15) is 0 Å². The Morgan fingerprint density at radius 3 is 2.65 bits per heavy atom. The van der Waals surface area contributed by atoms with Gasteiger partial charge in [0.2, 0.25) is 0 Å². The molecule has 2 N–H and O–H groups in total. The standard InChI is InChI=1S/C14H15NO5/c1-14(2,3)20-13(18)15-8-4-5-11-9(6-8)10(16)7-12(17)19-11/h4-7,16H,1-3H3,(H,15,18). The smallest absolute Gasteiger partial charge is 0.412 e. The summed E-state index contributed by atoms with van der Waals surface area (Å²) in [5.41, 5.74) is -0.570. The van der Waals surface area contributed by atoms with Gasteiger partial charge < -0.3 is 14.3 Å². The van der Waals surface area contributed by atoms with Gasteiger partial charge in [-0.1, -0.05) is 0 Å². The topological polar surface area (TPSA) is 88.8 Å². The van der Waals surface area contributed by atoms with Gasteiger partial charge in [0.15, 0.2) is 0 Å². The number of fused-ring (bicyclic) bond motifs is 1. The van der Waals surface area contributed by atoms with Crippen molar-refractivity contribution in [3.8, 4) is 5.75 Å². The van der Waals surface area contributed by atoms with Gasteiger partial charge in [0.25, 0.3) is 0 Å². The Bertz CT molecular complexity index is 712. The summed E-state index contributed by atoms with van der Waals surface area (Å²) < 4.78 is 10.0. The van der Waals surface area contributed by atoms with E-state index in [9.17, 15) is 14.7 Å². The lowest BCUT2D eigenvalue weighted by atomic mass is 10.2. The first-order chi connectivity index (χ1) is 9.24. The molecule has 20 heavy (non-hydrogen) atoms. The third-order valence-corrected chi connectivity index (χ3v) is 2.37. The van der Waals surface area contributed by atoms with Crippen LogP contribution in [-0.2, 0) is 4.74 Å². The van der Waals surface area contributed by atoms with Gasteiger partial charge in [0.1, 0.15) is 16.9 Å². The molecule has 0 radical (unpaired) electrons. The Hall–Kier alpha value is -2.50. The monoisotopic (exact) mass is 277 g/mol. The van der Waals surface area contributed by atoms with Gasteiger partial charge in [0, 0.05) is 5.69 Å². The van der Waals surface area contributed by atoms with E-state index in [1.165, 1.54) is 12.1 Å². The summed E-state index contributed by atoms with van der Waals surface area (Å²) >= 11 is 0. The highest BCUT2D eigenvalue weighted by molar-refractivity contribution is 5.91. The second-order valence-corrected chi connectivity index (χ2v) is 5.29. The van der Waals surface area contributed by atoms with Crippen LogP contribution in [0.25, 0.3) is 11.0 Å². The molecule has 6 nitrogen and oxygen atoms in total. The van der Waals surface area contributed by atoms with E-state index in [1.54, 1.807) is 26.8 Å². The molecule has 0 aliphatic rings. The number of nitrogens with one attached hydrogen (secondary N) is 1. The summed E-state index contributed by atoms with van der Waals surface area (Å²) in [7, 11) is 0. The summed E-state index contributed by atoms with van der Waals surface area (Å²) in [5, 5.41) is 12.6. The summed E-state index contributed by atoms with van der Waals surface area (Å²) in [6.07, 6.45) is -0.603. The Morgan fingerprint density at radius 1 is 1.30 bits per heavy atom. The number of aromatic hydroxyl groups is 1. The van der Waals surface area contributed by atoms with Crippen LogP contribution in [0.1, 0.15) is 20.8 Å². The third kappa shape index (κ3) is 3.28. The lowest BCUT2D eigenvalue weighted by Gasteiger charge is -2.19. The molecule has 6 heteroatoms. The van der Waals surface area contributed by atoms with Gasteiger partial charge in [-0.25, -0.2) is 9.59 Å². The molecular formula is C14H15NO5. The van der Waals surface area contributed by atoms with Gasteiger partial charge in [-0.15, -0.1) is 0 Å². The number of hydrogen-bond donors (Lipinski definition) is 2. The molecule has 0 saturated heterocycles. The number of benzene rings is 1. The maximum Gasteiger partial charge on any atom is 0.412 e. The fraction of sp³-hybridized carbons (Fsp3) is 0.286. The van der Waals surface area contributed by atoms with E-state index in [0.29, 0.717) is 11.1 Å². The summed E-state index contributed by atoms with van der Waals surface area (Å²) in [5.74, 6) is -0.205. The molecular weight excluding hydrogens is 262 g/mol. The summed E-state index contributed by atoms with van der Waals surface area (Å²) in [6.45, 7) is 5.27. The Kier molecular flexibility index (Phi) is 3.40. The maximum atomic E-state index is 11.6. The molecule has 106 valence electrons. The molecule has 2 rings (SSSR count). The first-order valence-corrected chi connectivity index (χ1v) is 6.01. The van der Waals surface area contributed by atoms with Crippen LogP contribution in [0.4, 0.5) is 10.5 Å². The van der Waals surface area contributed by atoms with E-state index in [-0.39, 0.29) is 11.3 Å². The van der Waals surface area contributed by atoms with Gasteiger partial charge >= 0.3 is 11.7 Å². The highest BCUT2D eigenvalue weighted by atomic mass is 16.6. The van der Waals surface area contributed by atoms with Crippen molar-refractivity contribution >= 4 is 22.7 Å². The van der Waals surface area contributed by atoms with E-state index in [0.717, 1.165) is 6.07 Å². The Morgan fingerprint density at radius 2 is 2.00 bits per heavy atom. The van der Waals surface area contributed by atoms with Crippen LogP contribution in [0.5, 0.6) is 5.75 Å². The first-order valence-electron chi connectivity index (χ1n) is 6.01. The van der Waals surface area contributed by atoms with Crippen molar-refractivity contribution in [3.63, 3.8) is 0 Å². The zero-order chi connectivity index (χ0) is 14.9. The minimum Gasteiger partial charge on any atom is -0.507 e. The fourth-order valence-corrected chi connectivity index (χ4v) is 1.65. The van der Waals surface area contributed by atoms with E-state index in [1.807, 2.05) is 0 Å². The van der Waals surface area contributed by atoms with Crippen molar-refractivity contribution in [2.45, 2.75) is 26.4 Å². The second kappa shape index (κ2) is 4.88. The molecule has 0 fully saturated rings. The van der Waals surface area contributed by atoms with E-state index in [4.69, 9.17) is 9.15 Å². The van der Waals surface area contributed by atoms with Crippen LogP contribution in [0, 0.1) is 0 Å². The number of hydrogen-bond acceptors (Lipinski definition) is 5. The number of ether oxygens (including phenoxy) is 1. The molecule has 0 atom stereocenters. The van der Waals surface area contributed by atoms with Crippen LogP contribution in [0.15, 0.2) is 33.5 Å². The molecule has 2 aromatic rings. The van der Waals surface area contributed by atoms with Crippen LogP contribution < -0.4 is 10.9 Å². The maximum absolute atomic E-state index is 11.6. The Labute approximate surface area is 115 Å². The lowest BCUT2D eigenvalue weighted by molar-refractivity contribution is 0.0636. The van der Waals surface area contributed by atoms with Gasteiger partial charge in [-0.3, -0.25) is 5.32 Å². The van der Waals surface area contributed by atoms with Gasteiger partial charge in [0.05, 0.1) is 11.5 Å². The minimum atomic E-state index is -0.636. The molecule has 1 amide bonds. The molecule has 0 bridgehead atoms. The number of amides is 1. The van der Waals surface area contributed by atoms with Crippen molar-refractivity contribution < 1.29 is 19.1 Å². The van der Waals surface area contributed by atoms with Gasteiger partial charge in [-0.05, 0) is 39.0 Å². The first kappa shape index (κ1) is 13.9. The highest BCUT2D eigenvalue weighted by Crippen LogP contribution is 2.25. The molecule has 0 spiro atoms.